The summed E-state index contributed by atoms with van der Waals surface area (Å²) in [5.41, 5.74) is 4.21. The van der Waals surface area contributed by atoms with Crippen molar-refractivity contribution in [2.24, 2.45) is 0 Å². The Morgan fingerprint density at radius 1 is 1.23 bits per heavy atom. The Kier molecular flexibility index (Phi) is 6.22. The molecule has 0 radical (unpaired) electrons. The molecule has 0 aliphatic carbocycles. The first-order valence-corrected chi connectivity index (χ1v) is 9.83. The molecule has 3 aromatic rings. The lowest BCUT2D eigenvalue weighted by molar-refractivity contribution is -0.139. The molecule has 0 atom stereocenters. The zero-order valence-electron chi connectivity index (χ0n) is 17.6. The topological polar surface area (TPSA) is 85.2 Å². The van der Waals surface area contributed by atoms with Gasteiger partial charge in [0.05, 0.1) is 0 Å². The van der Waals surface area contributed by atoms with Crippen molar-refractivity contribution in [2.75, 3.05) is 0 Å². The molecule has 0 aliphatic rings. The second kappa shape index (κ2) is 8.83. The minimum Gasteiger partial charge on any atom is -0.457 e. The number of nitrogens with zero attached hydrogens (tertiary/aromatic N) is 2. The summed E-state index contributed by atoms with van der Waals surface area (Å²) in [6, 6.07) is 10.7. The van der Waals surface area contributed by atoms with Gasteiger partial charge in [-0.2, -0.15) is 5.26 Å². The van der Waals surface area contributed by atoms with Crippen LogP contribution in [-0.2, 0) is 22.7 Å². The van der Waals surface area contributed by atoms with Crippen molar-refractivity contribution in [3.63, 3.8) is 0 Å². The fourth-order valence-electron chi connectivity index (χ4n) is 3.51. The van der Waals surface area contributed by atoms with Crippen LogP contribution >= 0.6 is 0 Å². The number of carbonyl (C=O) groups excluding carboxylic acids is 1. The van der Waals surface area contributed by atoms with Crippen LogP contribution in [0.3, 0.4) is 0 Å². The fourth-order valence-corrected chi connectivity index (χ4v) is 3.51. The Morgan fingerprint density at radius 3 is 2.70 bits per heavy atom. The van der Waals surface area contributed by atoms with Gasteiger partial charge in [0.2, 0.25) is 0 Å². The molecule has 0 bridgehead atoms. The van der Waals surface area contributed by atoms with Crippen molar-refractivity contribution in [3.05, 3.63) is 74.4 Å². The molecule has 0 spiro atoms. The standard InChI is InChI=1S/C24H24N2O4/c1-5-8-26-16(3)10-18(17(26)4)11-19(13-25)24(28)29-14-20-12-23(27)30-22-9-15(2)6-7-21(20)22/h6-7,9-12H,5,8,14H2,1-4H3/b19-11+. The van der Waals surface area contributed by atoms with Gasteiger partial charge in [-0.1, -0.05) is 19.1 Å². The Labute approximate surface area is 175 Å². The van der Waals surface area contributed by atoms with Gasteiger partial charge < -0.3 is 13.7 Å². The number of benzene rings is 1. The summed E-state index contributed by atoms with van der Waals surface area (Å²) < 4.78 is 12.7. The number of fused-ring (bicyclic) bond motifs is 1. The van der Waals surface area contributed by atoms with Crippen LogP contribution in [0, 0.1) is 32.1 Å². The molecule has 0 unspecified atom stereocenters. The largest absolute Gasteiger partial charge is 0.457 e. The quantitative estimate of drug-likeness (QED) is 0.260. The molecule has 0 N–H and O–H groups in total. The van der Waals surface area contributed by atoms with E-state index in [1.807, 2.05) is 45.0 Å². The van der Waals surface area contributed by atoms with E-state index in [4.69, 9.17) is 9.15 Å². The van der Waals surface area contributed by atoms with E-state index in [-0.39, 0.29) is 12.2 Å². The normalized spacial score (nSPS) is 11.5. The second-order valence-corrected chi connectivity index (χ2v) is 7.31. The molecule has 3 rings (SSSR count). The summed E-state index contributed by atoms with van der Waals surface area (Å²) in [5, 5.41) is 10.2. The highest BCUT2D eigenvalue weighted by Crippen LogP contribution is 2.21. The summed E-state index contributed by atoms with van der Waals surface area (Å²) in [5.74, 6) is -0.730. The van der Waals surface area contributed by atoms with Crippen molar-refractivity contribution in [1.29, 1.82) is 5.26 Å². The molecular formula is C24H24N2O4. The Hall–Kier alpha value is -3.59. The second-order valence-electron chi connectivity index (χ2n) is 7.31. The molecule has 30 heavy (non-hydrogen) atoms. The lowest BCUT2D eigenvalue weighted by Gasteiger charge is -2.08. The first-order chi connectivity index (χ1) is 14.3. The highest BCUT2D eigenvalue weighted by Gasteiger charge is 2.15. The third-order valence-corrected chi connectivity index (χ3v) is 5.04. The average Bonchev–Trinajstić information content (AvgIpc) is 2.97. The molecule has 154 valence electrons. The lowest BCUT2D eigenvalue weighted by Crippen LogP contribution is -2.09. The number of hydrogen-bond donors (Lipinski definition) is 0. The van der Waals surface area contributed by atoms with E-state index in [2.05, 4.69) is 11.5 Å². The van der Waals surface area contributed by atoms with Crippen molar-refractivity contribution >= 4 is 23.0 Å². The third-order valence-electron chi connectivity index (χ3n) is 5.04. The fraction of sp³-hybridized carbons (Fsp3) is 0.292. The number of carbonyl (C=O) groups is 1. The maximum atomic E-state index is 12.5. The molecular weight excluding hydrogens is 380 g/mol. The summed E-state index contributed by atoms with van der Waals surface area (Å²) in [4.78, 5) is 24.4. The highest BCUT2D eigenvalue weighted by atomic mass is 16.5. The molecule has 2 aromatic heterocycles. The van der Waals surface area contributed by atoms with Gasteiger partial charge in [0.25, 0.3) is 0 Å². The van der Waals surface area contributed by atoms with Gasteiger partial charge in [-0.05, 0) is 56.5 Å². The van der Waals surface area contributed by atoms with Crippen LogP contribution in [0.2, 0.25) is 0 Å². The molecule has 0 amide bonds. The molecule has 0 saturated heterocycles. The van der Waals surface area contributed by atoms with Crippen molar-refractivity contribution in [2.45, 2.75) is 47.3 Å². The number of rotatable bonds is 6. The van der Waals surface area contributed by atoms with Gasteiger partial charge in [0.15, 0.2) is 0 Å². The van der Waals surface area contributed by atoms with E-state index in [0.717, 1.165) is 35.5 Å². The summed E-state index contributed by atoms with van der Waals surface area (Å²) in [6.45, 7) is 8.71. The van der Waals surface area contributed by atoms with Gasteiger partial charge in [-0.15, -0.1) is 0 Å². The van der Waals surface area contributed by atoms with E-state index in [9.17, 15) is 14.9 Å². The van der Waals surface area contributed by atoms with Crippen LogP contribution in [0.5, 0.6) is 0 Å². The van der Waals surface area contributed by atoms with Crippen LogP contribution < -0.4 is 5.63 Å². The number of aromatic nitrogens is 1. The molecule has 0 saturated carbocycles. The van der Waals surface area contributed by atoms with E-state index in [1.165, 1.54) is 6.07 Å². The predicted molar refractivity (Wildman–Crippen MR) is 115 cm³/mol. The Morgan fingerprint density at radius 2 is 2.00 bits per heavy atom. The summed E-state index contributed by atoms with van der Waals surface area (Å²) in [7, 11) is 0. The van der Waals surface area contributed by atoms with Gasteiger partial charge in [-0.25, -0.2) is 9.59 Å². The maximum absolute atomic E-state index is 12.5. The molecule has 2 heterocycles. The molecule has 0 fully saturated rings. The van der Waals surface area contributed by atoms with Crippen LogP contribution in [-0.4, -0.2) is 10.5 Å². The van der Waals surface area contributed by atoms with Gasteiger partial charge in [0, 0.05) is 34.9 Å². The zero-order chi connectivity index (χ0) is 21.8. The maximum Gasteiger partial charge on any atom is 0.349 e. The van der Waals surface area contributed by atoms with Crippen LogP contribution in [0.25, 0.3) is 17.0 Å². The smallest absolute Gasteiger partial charge is 0.349 e. The van der Waals surface area contributed by atoms with Gasteiger partial charge in [-0.3, -0.25) is 0 Å². The summed E-state index contributed by atoms with van der Waals surface area (Å²) >= 11 is 0. The van der Waals surface area contributed by atoms with Crippen molar-refractivity contribution < 1.29 is 13.9 Å². The number of esters is 1. The highest BCUT2D eigenvalue weighted by molar-refractivity contribution is 5.98. The monoisotopic (exact) mass is 404 g/mol. The first-order valence-electron chi connectivity index (χ1n) is 9.83. The minimum absolute atomic E-state index is 0.0881. The summed E-state index contributed by atoms with van der Waals surface area (Å²) in [6.07, 6.45) is 2.54. The Bertz CT molecular complexity index is 1240. The van der Waals surface area contributed by atoms with Crippen LogP contribution in [0.1, 0.15) is 41.4 Å². The van der Waals surface area contributed by atoms with E-state index in [1.54, 1.807) is 12.1 Å². The van der Waals surface area contributed by atoms with E-state index >= 15 is 0 Å². The number of nitriles is 1. The molecule has 6 heteroatoms. The SMILES string of the molecule is CCCn1c(C)cc(/C=C(\C#N)C(=O)OCc2cc(=O)oc3cc(C)ccc23)c1C. The zero-order valence-corrected chi connectivity index (χ0v) is 17.6. The van der Waals surface area contributed by atoms with Crippen molar-refractivity contribution in [3.8, 4) is 6.07 Å². The Balaban J connectivity index is 1.85. The average molecular weight is 404 g/mol. The van der Waals surface area contributed by atoms with Gasteiger partial charge >= 0.3 is 11.6 Å². The molecule has 6 nitrogen and oxygen atoms in total. The minimum atomic E-state index is -0.730. The number of aryl methyl sites for hydroxylation is 2. The first kappa shape index (κ1) is 21.1. The van der Waals surface area contributed by atoms with Crippen molar-refractivity contribution in [1.82, 2.24) is 4.57 Å². The van der Waals surface area contributed by atoms with Crippen LogP contribution in [0.4, 0.5) is 0 Å². The number of ether oxygens (including phenoxy) is 1. The van der Waals surface area contributed by atoms with Gasteiger partial charge in [0.1, 0.15) is 23.8 Å². The number of hydrogen-bond acceptors (Lipinski definition) is 5. The van der Waals surface area contributed by atoms with E-state index in [0.29, 0.717) is 16.5 Å². The van der Waals surface area contributed by atoms with E-state index < -0.39 is 11.6 Å². The predicted octanol–water partition coefficient (Wildman–Crippen LogP) is 4.58. The molecule has 1 aromatic carbocycles. The molecule has 0 aliphatic heterocycles. The third kappa shape index (κ3) is 4.36. The van der Waals surface area contributed by atoms with Crippen LogP contribution in [0.15, 0.2) is 45.1 Å². The lowest BCUT2D eigenvalue weighted by atomic mass is 10.1.